The van der Waals surface area contributed by atoms with Gasteiger partial charge in [0, 0.05) is 22.2 Å². The van der Waals surface area contributed by atoms with Gasteiger partial charge < -0.3 is 10.1 Å². The molecule has 1 aliphatic heterocycles. The molecule has 0 saturated carbocycles. The fourth-order valence-electron chi connectivity index (χ4n) is 3.87. The number of aromatic nitrogens is 2. The van der Waals surface area contributed by atoms with Crippen LogP contribution in [0.1, 0.15) is 34.9 Å². The predicted molar refractivity (Wildman–Crippen MR) is 108 cm³/mol. The van der Waals surface area contributed by atoms with Crippen LogP contribution in [0.15, 0.2) is 35.6 Å². The van der Waals surface area contributed by atoms with Crippen LogP contribution in [0.2, 0.25) is 0 Å². The smallest absolute Gasteiger partial charge is 0.230 e. The molecule has 0 saturated heterocycles. The number of nitrogens with one attached hydrogen (secondary N) is 1. The van der Waals surface area contributed by atoms with E-state index in [1.165, 1.54) is 34.0 Å². The van der Waals surface area contributed by atoms with Crippen molar-refractivity contribution in [2.75, 3.05) is 12.4 Å². The summed E-state index contributed by atoms with van der Waals surface area (Å²) in [5, 5.41) is 5.26. The molecular weight excluding hydrogens is 378 g/mol. The number of thioether (sulfide) groups is 1. The van der Waals surface area contributed by atoms with E-state index in [2.05, 4.69) is 15.3 Å². The number of rotatable bonds is 4. The van der Waals surface area contributed by atoms with Crippen LogP contribution in [-0.2, 0) is 17.6 Å². The van der Waals surface area contributed by atoms with Gasteiger partial charge in [0.25, 0.3) is 0 Å². The van der Waals surface area contributed by atoms with Crippen LogP contribution in [0.3, 0.4) is 0 Å². The molecule has 0 bridgehead atoms. The van der Waals surface area contributed by atoms with Gasteiger partial charge in [-0.1, -0.05) is 30.0 Å². The number of carbonyl (C=O) groups excluding carboxylic acids is 1. The van der Waals surface area contributed by atoms with Gasteiger partial charge in [-0.05, 0) is 30.9 Å². The Labute approximate surface area is 165 Å². The van der Waals surface area contributed by atoms with Crippen molar-refractivity contribution in [1.82, 2.24) is 15.3 Å². The second-order valence-electron chi connectivity index (χ2n) is 6.80. The van der Waals surface area contributed by atoms with E-state index in [9.17, 15) is 4.79 Å². The largest absolute Gasteiger partial charge is 0.493 e. The standard InChI is InChI=1S/C20H19N3O2S2/c24-17(23-14-8-9-25-15-6-2-1-4-12(14)15)10-26-19-18-13-5-3-7-16(13)27-20(18)22-11-21-19/h1-2,4,6,11,14H,3,5,7-10H2,(H,23,24). The summed E-state index contributed by atoms with van der Waals surface area (Å²) in [4.78, 5) is 24.0. The van der Waals surface area contributed by atoms with Crippen LogP contribution in [0, 0.1) is 0 Å². The number of aryl methyl sites for hydroxylation is 2. The van der Waals surface area contributed by atoms with Crippen LogP contribution in [-0.4, -0.2) is 28.2 Å². The Balaban J connectivity index is 1.30. The van der Waals surface area contributed by atoms with Crippen molar-refractivity contribution < 1.29 is 9.53 Å². The molecule has 5 nitrogen and oxygen atoms in total. The van der Waals surface area contributed by atoms with Crippen molar-refractivity contribution in [2.45, 2.75) is 36.8 Å². The van der Waals surface area contributed by atoms with Gasteiger partial charge in [0.2, 0.25) is 5.91 Å². The number of hydrogen-bond acceptors (Lipinski definition) is 6. The number of benzene rings is 1. The van der Waals surface area contributed by atoms with E-state index in [1.807, 2.05) is 24.3 Å². The first-order chi connectivity index (χ1) is 13.3. The Hall–Kier alpha value is -2.12. The van der Waals surface area contributed by atoms with E-state index in [0.717, 1.165) is 40.4 Å². The molecule has 138 valence electrons. The lowest BCUT2D eigenvalue weighted by molar-refractivity contribution is -0.119. The van der Waals surface area contributed by atoms with Crippen LogP contribution < -0.4 is 10.1 Å². The Morgan fingerprint density at radius 2 is 2.22 bits per heavy atom. The average Bonchev–Trinajstić information content (AvgIpc) is 3.28. The highest BCUT2D eigenvalue weighted by Gasteiger charge is 2.24. The minimum atomic E-state index is 0.0128. The van der Waals surface area contributed by atoms with Gasteiger partial charge >= 0.3 is 0 Å². The molecule has 3 aromatic rings. The lowest BCUT2D eigenvalue weighted by Crippen LogP contribution is -2.33. The highest BCUT2D eigenvalue weighted by Crippen LogP contribution is 2.40. The first-order valence-corrected chi connectivity index (χ1v) is 11.0. The van der Waals surface area contributed by atoms with Crippen LogP contribution in [0.5, 0.6) is 5.75 Å². The third kappa shape index (κ3) is 3.19. The molecule has 0 radical (unpaired) electrons. The Morgan fingerprint density at radius 3 is 3.19 bits per heavy atom. The van der Waals surface area contributed by atoms with E-state index in [1.54, 1.807) is 17.7 Å². The minimum absolute atomic E-state index is 0.0128. The summed E-state index contributed by atoms with van der Waals surface area (Å²) in [6.45, 7) is 0.628. The highest BCUT2D eigenvalue weighted by molar-refractivity contribution is 8.00. The molecule has 1 N–H and O–H groups in total. The number of ether oxygens (including phenoxy) is 1. The normalized spacial score (nSPS) is 18.0. The van der Waals surface area contributed by atoms with E-state index >= 15 is 0 Å². The van der Waals surface area contributed by atoms with Crippen molar-refractivity contribution in [3.05, 3.63) is 46.6 Å². The third-order valence-electron chi connectivity index (χ3n) is 5.10. The van der Waals surface area contributed by atoms with Gasteiger partial charge in [0.1, 0.15) is 21.9 Å². The molecule has 0 fully saturated rings. The second-order valence-corrected chi connectivity index (χ2v) is 8.85. The zero-order valence-corrected chi connectivity index (χ0v) is 16.4. The van der Waals surface area contributed by atoms with Crippen molar-refractivity contribution in [1.29, 1.82) is 0 Å². The van der Waals surface area contributed by atoms with Gasteiger partial charge in [0.15, 0.2) is 0 Å². The summed E-state index contributed by atoms with van der Waals surface area (Å²) >= 11 is 3.29. The molecule has 2 aliphatic rings. The van der Waals surface area contributed by atoms with E-state index in [0.29, 0.717) is 12.4 Å². The van der Waals surface area contributed by atoms with E-state index in [-0.39, 0.29) is 11.9 Å². The molecule has 1 amide bonds. The van der Waals surface area contributed by atoms with Crippen molar-refractivity contribution >= 4 is 39.2 Å². The molecule has 5 rings (SSSR count). The maximum absolute atomic E-state index is 12.6. The summed E-state index contributed by atoms with van der Waals surface area (Å²) in [5.74, 6) is 1.25. The number of fused-ring (bicyclic) bond motifs is 4. The number of hydrogen-bond donors (Lipinski definition) is 1. The summed E-state index contributed by atoms with van der Waals surface area (Å²) in [5.41, 5.74) is 2.46. The SMILES string of the molecule is O=C(CSc1ncnc2sc3c(c12)CCC3)NC1CCOc2ccccc21. The molecule has 27 heavy (non-hydrogen) atoms. The van der Waals surface area contributed by atoms with E-state index in [4.69, 9.17) is 4.74 Å². The minimum Gasteiger partial charge on any atom is -0.493 e. The van der Waals surface area contributed by atoms with Crippen LogP contribution in [0.4, 0.5) is 0 Å². The summed E-state index contributed by atoms with van der Waals surface area (Å²) < 4.78 is 5.67. The molecule has 1 aromatic carbocycles. The van der Waals surface area contributed by atoms with Gasteiger partial charge in [0.05, 0.1) is 18.4 Å². The number of nitrogens with zero attached hydrogens (tertiary/aromatic N) is 2. The third-order valence-corrected chi connectivity index (χ3v) is 7.29. The van der Waals surface area contributed by atoms with Gasteiger partial charge in [-0.2, -0.15) is 0 Å². The molecule has 1 aliphatic carbocycles. The quantitative estimate of drug-likeness (QED) is 0.534. The van der Waals surface area contributed by atoms with Crippen LogP contribution >= 0.6 is 23.1 Å². The second kappa shape index (κ2) is 7.13. The van der Waals surface area contributed by atoms with Gasteiger partial charge in [-0.3, -0.25) is 4.79 Å². The van der Waals surface area contributed by atoms with Gasteiger partial charge in [-0.15, -0.1) is 11.3 Å². The molecule has 1 unspecified atom stereocenters. The van der Waals surface area contributed by atoms with Crippen LogP contribution in [0.25, 0.3) is 10.2 Å². The lowest BCUT2D eigenvalue weighted by Gasteiger charge is -2.26. The number of para-hydroxylation sites is 1. The zero-order chi connectivity index (χ0) is 18.2. The zero-order valence-electron chi connectivity index (χ0n) is 14.7. The summed E-state index contributed by atoms with van der Waals surface area (Å²) in [6, 6.07) is 7.93. The molecule has 1 atom stereocenters. The van der Waals surface area contributed by atoms with Crippen molar-refractivity contribution in [3.63, 3.8) is 0 Å². The van der Waals surface area contributed by atoms with Crippen molar-refractivity contribution in [3.8, 4) is 5.75 Å². The molecular formula is C20H19N3O2S2. The fourth-order valence-corrected chi connectivity index (χ4v) is 6.00. The highest BCUT2D eigenvalue weighted by atomic mass is 32.2. The monoisotopic (exact) mass is 397 g/mol. The first-order valence-electron chi connectivity index (χ1n) is 9.19. The topological polar surface area (TPSA) is 64.1 Å². The number of amides is 1. The number of carbonyl (C=O) groups is 1. The first kappa shape index (κ1) is 17.0. The Morgan fingerprint density at radius 1 is 1.30 bits per heavy atom. The maximum Gasteiger partial charge on any atom is 0.230 e. The molecule has 3 heterocycles. The predicted octanol–water partition coefficient (Wildman–Crippen LogP) is 3.91. The molecule has 0 spiro atoms. The Bertz CT molecular complexity index is 1020. The Kier molecular flexibility index (Phi) is 4.49. The summed E-state index contributed by atoms with van der Waals surface area (Å²) in [6.07, 6.45) is 5.86. The number of thiophene rings is 1. The molecule has 7 heteroatoms. The molecule has 2 aromatic heterocycles. The average molecular weight is 398 g/mol. The van der Waals surface area contributed by atoms with Gasteiger partial charge in [-0.25, -0.2) is 9.97 Å². The van der Waals surface area contributed by atoms with Crippen molar-refractivity contribution in [2.24, 2.45) is 0 Å². The van der Waals surface area contributed by atoms with E-state index < -0.39 is 0 Å². The summed E-state index contributed by atoms with van der Waals surface area (Å²) in [7, 11) is 0. The maximum atomic E-state index is 12.6. The lowest BCUT2D eigenvalue weighted by atomic mass is 10.0. The fraction of sp³-hybridized carbons (Fsp3) is 0.350.